The lowest BCUT2D eigenvalue weighted by Crippen LogP contribution is -1.89. The van der Waals surface area contributed by atoms with E-state index in [2.05, 4.69) is 27.0 Å². The monoisotopic (exact) mass is 210 g/mol. The summed E-state index contributed by atoms with van der Waals surface area (Å²) in [6.45, 7) is 2.02. The molecular weight excluding hydrogens is 204 g/mol. The molecule has 0 spiro atoms. The van der Waals surface area contributed by atoms with E-state index in [1.807, 2.05) is 13.0 Å². The van der Waals surface area contributed by atoms with Gasteiger partial charge in [-0.15, -0.1) is 0 Å². The lowest BCUT2D eigenvalue weighted by molar-refractivity contribution is 1.09. The van der Waals surface area contributed by atoms with Gasteiger partial charge >= 0.3 is 0 Å². The Balaban J connectivity index is 3.19. The van der Waals surface area contributed by atoms with Gasteiger partial charge in [-0.25, -0.2) is 4.98 Å². The molecule has 0 aromatic carbocycles. The van der Waals surface area contributed by atoms with Gasteiger partial charge in [-0.2, -0.15) is 5.26 Å². The van der Waals surface area contributed by atoms with Crippen LogP contribution in [0.5, 0.6) is 0 Å². The van der Waals surface area contributed by atoms with Gasteiger partial charge in [-0.05, 0) is 34.0 Å². The van der Waals surface area contributed by atoms with Crippen molar-refractivity contribution in [3.05, 3.63) is 28.0 Å². The standard InChI is InChI=1S/C8H7BrN2/c1-2-6-3-8(9)11-5-7(6)4-10/h3,5H,2H2,1H3. The van der Waals surface area contributed by atoms with Crippen molar-refractivity contribution in [2.24, 2.45) is 0 Å². The summed E-state index contributed by atoms with van der Waals surface area (Å²) in [5.41, 5.74) is 1.70. The van der Waals surface area contributed by atoms with Gasteiger partial charge in [0.2, 0.25) is 0 Å². The molecule has 1 aromatic heterocycles. The van der Waals surface area contributed by atoms with Gasteiger partial charge in [0.1, 0.15) is 10.7 Å². The van der Waals surface area contributed by atoms with Crippen LogP contribution < -0.4 is 0 Å². The molecule has 0 aliphatic carbocycles. The second-order valence-corrected chi connectivity index (χ2v) is 2.94. The van der Waals surface area contributed by atoms with Crippen LogP contribution >= 0.6 is 15.9 Å². The molecule has 0 radical (unpaired) electrons. The smallest absolute Gasteiger partial charge is 0.106 e. The van der Waals surface area contributed by atoms with Crippen LogP contribution in [0, 0.1) is 11.3 Å². The first-order valence-corrected chi connectivity index (χ1v) is 4.11. The Morgan fingerprint density at radius 3 is 3.00 bits per heavy atom. The normalized spacial score (nSPS) is 9.18. The summed E-state index contributed by atoms with van der Waals surface area (Å²) >= 11 is 3.25. The first-order chi connectivity index (χ1) is 5.27. The number of aryl methyl sites for hydroxylation is 1. The predicted octanol–water partition coefficient (Wildman–Crippen LogP) is 2.28. The van der Waals surface area contributed by atoms with Crippen molar-refractivity contribution in [3.63, 3.8) is 0 Å². The number of aromatic nitrogens is 1. The van der Waals surface area contributed by atoms with Crippen LogP contribution in [0.2, 0.25) is 0 Å². The fourth-order valence-corrected chi connectivity index (χ4v) is 1.24. The van der Waals surface area contributed by atoms with Crippen LogP contribution in [0.1, 0.15) is 18.1 Å². The summed E-state index contributed by atoms with van der Waals surface area (Å²) < 4.78 is 0.786. The molecule has 0 bridgehead atoms. The van der Waals surface area contributed by atoms with E-state index in [0.29, 0.717) is 5.56 Å². The van der Waals surface area contributed by atoms with E-state index in [-0.39, 0.29) is 0 Å². The zero-order valence-corrected chi connectivity index (χ0v) is 7.72. The fraction of sp³-hybridized carbons (Fsp3) is 0.250. The third-order valence-electron chi connectivity index (χ3n) is 1.46. The molecule has 2 nitrogen and oxygen atoms in total. The molecule has 0 fully saturated rings. The Morgan fingerprint density at radius 2 is 2.45 bits per heavy atom. The van der Waals surface area contributed by atoms with Crippen molar-refractivity contribution >= 4 is 15.9 Å². The Morgan fingerprint density at radius 1 is 1.73 bits per heavy atom. The van der Waals surface area contributed by atoms with E-state index in [0.717, 1.165) is 16.6 Å². The van der Waals surface area contributed by atoms with Gasteiger partial charge < -0.3 is 0 Å². The number of nitriles is 1. The number of rotatable bonds is 1. The molecule has 1 heterocycles. The second-order valence-electron chi connectivity index (χ2n) is 2.13. The highest BCUT2D eigenvalue weighted by Crippen LogP contribution is 2.12. The summed E-state index contributed by atoms with van der Waals surface area (Å²) in [5, 5.41) is 8.64. The molecule has 0 aliphatic rings. The number of hydrogen-bond acceptors (Lipinski definition) is 2. The number of pyridine rings is 1. The highest BCUT2D eigenvalue weighted by atomic mass is 79.9. The average molecular weight is 211 g/mol. The average Bonchev–Trinajstić information content (AvgIpc) is 2.04. The maximum absolute atomic E-state index is 8.64. The van der Waals surface area contributed by atoms with E-state index >= 15 is 0 Å². The Bertz CT molecular complexity index is 301. The van der Waals surface area contributed by atoms with Gasteiger partial charge in [0.05, 0.1) is 5.56 Å². The van der Waals surface area contributed by atoms with Crippen molar-refractivity contribution in [1.82, 2.24) is 4.98 Å². The number of hydrogen-bond donors (Lipinski definition) is 0. The van der Waals surface area contributed by atoms with Gasteiger partial charge in [0.25, 0.3) is 0 Å². The summed E-state index contributed by atoms with van der Waals surface area (Å²) in [6, 6.07) is 3.96. The summed E-state index contributed by atoms with van der Waals surface area (Å²) in [5.74, 6) is 0. The SMILES string of the molecule is CCc1cc(Br)ncc1C#N. The zero-order chi connectivity index (χ0) is 8.27. The molecule has 3 heteroatoms. The minimum atomic E-state index is 0.663. The minimum absolute atomic E-state index is 0.663. The first kappa shape index (κ1) is 8.22. The quantitative estimate of drug-likeness (QED) is 0.668. The summed E-state index contributed by atoms with van der Waals surface area (Å²) in [7, 11) is 0. The largest absolute Gasteiger partial charge is 0.248 e. The molecule has 0 saturated heterocycles. The first-order valence-electron chi connectivity index (χ1n) is 3.32. The molecule has 0 atom stereocenters. The molecule has 0 saturated carbocycles. The molecule has 1 rings (SSSR count). The van der Waals surface area contributed by atoms with Crippen molar-refractivity contribution < 1.29 is 0 Å². The van der Waals surface area contributed by atoms with Crippen molar-refractivity contribution in [1.29, 1.82) is 5.26 Å². The molecule has 0 amide bonds. The van der Waals surface area contributed by atoms with Gasteiger partial charge in [-0.1, -0.05) is 6.92 Å². The zero-order valence-electron chi connectivity index (χ0n) is 6.13. The molecule has 0 unspecified atom stereocenters. The lowest BCUT2D eigenvalue weighted by Gasteiger charge is -1.98. The highest BCUT2D eigenvalue weighted by molar-refractivity contribution is 9.10. The van der Waals surface area contributed by atoms with Crippen molar-refractivity contribution in [2.45, 2.75) is 13.3 Å². The van der Waals surface area contributed by atoms with Crippen LogP contribution in [0.4, 0.5) is 0 Å². The summed E-state index contributed by atoms with van der Waals surface area (Å²) in [6.07, 6.45) is 2.45. The fourth-order valence-electron chi connectivity index (χ4n) is 0.861. The van der Waals surface area contributed by atoms with Gasteiger partial charge in [-0.3, -0.25) is 0 Å². The third kappa shape index (κ3) is 1.78. The van der Waals surface area contributed by atoms with Crippen molar-refractivity contribution in [2.75, 3.05) is 0 Å². The second kappa shape index (κ2) is 3.49. The Kier molecular flexibility index (Phi) is 2.61. The van der Waals surface area contributed by atoms with E-state index < -0.39 is 0 Å². The Labute approximate surface area is 74.0 Å². The lowest BCUT2D eigenvalue weighted by atomic mass is 10.1. The van der Waals surface area contributed by atoms with E-state index in [4.69, 9.17) is 5.26 Å². The maximum Gasteiger partial charge on any atom is 0.106 e. The van der Waals surface area contributed by atoms with E-state index in [1.165, 1.54) is 0 Å². The van der Waals surface area contributed by atoms with Gasteiger partial charge in [0.15, 0.2) is 0 Å². The third-order valence-corrected chi connectivity index (χ3v) is 1.89. The van der Waals surface area contributed by atoms with E-state index in [9.17, 15) is 0 Å². The van der Waals surface area contributed by atoms with Crippen molar-refractivity contribution in [3.8, 4) is 6.07 Å². The molecule has 0 N–H and O–H groups in total. The summed E-state index contributed by atoms with van der Waals surface area (Å²) in [4.78, 5) is 3.95. The highest BCUT2D eigenvalue weighted by Gasteiger charge is 1.99. The minimum Gasteiger partial charge on any atom is -0.248 e. The van der Waals surface area contributed by atoms with E-state index in [1.54, 1.807) is 6.20 Å². The van der Waals surface area contributed by atoms with Crippen LogP contribution in [0.3, 0.4) is 0 Å². The topological polar surface area (TPSA) is 36.7 Å². The van der Waals surface area contributed by atoms with Crippen LogP contribution in [-0.4, -0.2) is 4.98 Å². The van der Waals surface area contributed by atoms with Crippen LogP contribution in [0.25, 0.3) is 0 Å². The van der Waals surface area contributed by atoms with Crippen LogP contribution in [-0.2, 0) is 6.42 Å². The predicted molar refractivity (Wildman–Crippen MR) is 46.0 cm³/mol. The number of halogens is 1. The molecule has 1 aromatic rings. The number of nitrogens with zero attached hydrogens (tertiary/aromatic N) is 2. The molecule has 11 heavy (non-hydrogen) atoms. The molecule has 0 aliphatic heterocycles. The Hall–Kier alpha value is -0.880. The maximum atomic E-state index is 8.64. The van der Waals surface area contributed by atoms with Gasteiger partial charge in [0, 0.05) is 6.20 Å². The molecule has 56 valence electrons. The molecular formula is C8H7BrN2. The van der Waals surface area contributed by atoms with Crippen LogP contribution in [0.15, 0.2) is 16.9 Å².